The maximum Gasteiger partial charge on any atom is 0.329 e. The van der Waals surface area contributed by atoms with E-state index < -0.39 is 28.4 Å². The maximum absolute atomic E-state index is 12.8. The van der Waals surface area contributed by atoms with Gasteiger partial charge in [-0.1, -0.05) is 38.5 Å². The minimum Gasteiger partial charge on any atom is -0.480 e. The van der Waals surface area contributed by atoms with Gasteiger partial charge >= 0.3 is 11.9 Å². The number of carbonyl (C=O) groups is 3. The maximum atomic E-state index is 12.8. The standard InChI is InChI=1S/C19H32N2O5/c1-17(2,13-20-18(15(23)24)9-5-3-6-10-18)14(22)21-19(16(25)26)11-7-4-8-12-19/h20H,3-13H2,1-2H3,(H,21,22)(H,23,24)(H,25,26). The summed E-state index contributed by atoms with van der Waals surface area (Å²) in [5.41, 5.74) is -3.08. The number of nitrogens with one attached hydrogen (secondary N) is 2. The molecule has 0 saturated heterocycles. The number of hydrogen-bond acceptors (Lipinski definition) is 4. The van der Waals surface area contributed by atoms with Gasteiger partial charge in [-0.3, -0.25) is 9.59 Å². The van der Waals surface area contributed by atoms with E-state index >= 15 is 0 Å². The van der Waals surface area contributed by atoms with E-state index in [1.807, 2.05) is 0 Å². The average molecular weight is 368 g/mol. The SMILES string of the molecule is CC(C)(CNC1(C(=O)O)CCCCC1)C(=O)NC1(C(=O)O)CCCCC1. The molecule has 7 heteroatoms. The highest BCUT2D eigenvalue weighted by atomic mass is 16.4. The molecule has 2 aliphatic rings. The molecule has 0 unspecified atom stereocenters. The van der Waals surface area contributed by atoms with Gasteiger partial charge in [0, 0.05) is 6.54 Å². The van der Waals surface area contributed by atoms with Crippen molar-refractivity contribution in [1.29, 1.82) is 0 Å². The van der Waals surface area contributed by atoms with Crippen molar-refractivity contribution in [2.24, 2.45) is 5.41 Å². The first-order chi connectivity index (χ1) is 12.1. The van der Waals surface area contributed by atoms with E-state index in [-0.39, 0.29) is 12.5 Å². The number of amides is 1. The van der Waals surface area contributed by atoms with E-state index in [0.717, 1.165) is 38.5 Å². The fraction of sp³-hybridized carbons (Fsp3) is 0.842. The fourth-order valence-corrected chi connectivity index (χ4v) is 4.03. The van der Waals surface area contributed by atoms with Crippen molar-refractivity contribution in [3.05, 3.63) is 0 Å². The number of carboxylic acids is 2. The Morgan fingerprint density at radius 3 is 1.65 bits per heavy atom. The Morgan fingerprint density at radius 2 is 1.23 bits per heavy atom. The topological polar surface area (TPSA) is 116 Å². The first kappa shape index (κ1) is 20.7. The van der Waals surface area contributed by atoms with Crippen LogP contribution in [-0.4, -0.2) is 45.7 Å². The molecule has 0 heterocycles. The van der Waals surface area contributed by atoms with Crippen LogP contribution in [0.5, 0.6) is 0 Å². The van der Waals surface area contributed by atoms with Crippen molar-refractivity contribution < 1.29 is 24.6 Å². The van der Waals surface area contributed by atoms with Gasteiger partial charge in [-0.05, 0) is 39.5 Å². The molecule has 0 aromatic carbocycles. The molecule has 0 radical (unpaired) electrons. The van der Waals surface area contributed by atoms with Crippen LogP contribution < -0.4 is 10.6 Å². The van der Waals surface area contributed by atoms with E-state index in [1.165, 1.54) is 0 Å². The molecule has 0 aromatic rings. The molecule has 7 nitrogen and oxygen atoms in total. The Labute approximate surface area is 154 Å². The fourth-order valence-electron chi connectivity index (χ4n) is 4.03. The first-order valence-electron chi connectivity index (χ1n) is 9.68. The van der Waals surface area contributed by atoms with Crippen LogP contribution in [0.2, 0.25) is 0 Å². The number of rotatable bonds is 7. The van der Waals surface area contributed by atoms with Crippen LogP contribution >= 0.6 is 0 Å². The molecule has 0 atom stereocenters. The van der Waals surface area contributed by atoms with E-state index in [1.54, 1.807) is 13.8 Å². The van der Waals surface area contributed by atoms with Crippen molar-refractivity contribution in [3.63, 3.8) is 0 Å². The highest BCUT2D eigenvalue weighted by Gasteiger charge is 2.45. The highest BCUT2D eigenvalue weighted by Crippen LogP contribution is 2.32. The Hall–Kier alpha value is -1.63. The summed E-state index contributed by atoms with van der Waals surface area (Å²) in [6.07, 6.45) is 7.28. The van der Waals surface area contributed by atoms with Crippen LogP contribution in [0, 0.1) is 5.41 Å². The molecule has 2 aliphatic carbocycles. The van der Waals surface area contributed by atoms with Crippen LogP contribution in [-0.2, 0) is 14.4 Å². The summed E-state index contributed by atoms with van der Waals surface area (Å²) >= 11 is 0. The zero-order chi connectivity index (χ0) is 19.4. The number of carbonyl (C=O) groups excluding carboxylic acids is 1. The van der Waals surface area contributed by atoms with Gasteiger partial charge in [0.1, 0.15) is 11.1 Å². The molecule has 4 N–H and O–H groups in total. The van der Waals surface area contributed by atoms with Crippen molar-refractivity contribution in [3.8, 4) is 0 Å². The lowest BCUT2D eigenvalue weighted by atomic mass is 9.79. The van der Waals surface area contributed by atoms with Gasteiger partial charge in [0.15, 0.2) is 0 Å². The summed E-state index contributed by atoms with van der Waals surface area (Å²) in [5.74, 6) is -2.20. The van der Waals surface area contributed by atoms with Gasteiger partial charge < -0.3 is 20.8 Å². The quantitative estimate of drug-likeness (QED) is 0.548. The summed E-state index contributed by atoms with van der Waals surface area (Å²) in [7, 11) is 0. The molecule has 2 fully saturated rings. The Morgan fingerprint density at radius 1 is 0.808 bits per heavy atom. The third-order valence-electron chi connectivity index (χ3n) is 6.07. The van der Waals surface area contributed by atoms with Gasteiger partial charge in [-0.2, -0.15) is 0 Å². The van der Waals surface area contributed by atoms with Crippen molar-refractivity contribution in [2.75, 3.05) is 6.54 Å². The molecule has 0 bridgehead atoms. The van der Waals surface area contributed by atoms with Crippen LogP contribution in [0.1, 0.15) is 78.1 Å². The van der Waals surface area contributed by atoms with Crippen LogP contribution in [0.4, 0.5) is 0 Å². The van der Waals surface area contributed by atoms with E-state index in [4.69, 9.17) is 0 Å². The summed E-state index contributed by atoms with van der Waals surface area (Å²) in [6.45, 7) is 3.65. The first-order valence-corrected chi connectivity index (χ1v) is 9.68. The minimum absolute atomic E-state index is 0.195. The Balaban J connectivity index is 2.04. The molecule has 0 spiro atoms. The molecule has 0 aromatic heterocycles. The van der Waals surface area contributed by atoms with Crippen LogP contribution in [0.25, 0.3) is 0 Å². The highest BCUT2D eigenvalue weighted by molar-refractivity contribution is 5.90. The molecule has 0 aliphatic heterocycles. The smallest absolute Gasteiger partial charge is 0.329 e. The Kier molecular flexibility index (Phi) is 6.32. The molecule has 2 saturated carbocycles. The van der Waals surface area contributed by atoms with E-state index in [9.17, 15) is 24.6 Å². The largest absolute Gasteiger partial charge is 0.480 e. The summed E-state index contributed by atoms with van der Waals surface area (Å²) in [5, 5.41) is 25.2. The lowest BCUT2D eigenvalue weighted by Crippen LogP contribution is -2.61. The molecular weight excluding hydrogens is 336 g/mol. The summed E-state index contributed by atoms with van der Waals surface area (Å²) < 4.78 is 0. The lowest BCUT2D eigenvalue weighted by molar-refractivity contribution is -0.151. The van der Waals surface area contributed by atoms with Gasteiger partial charge in [-0.25, -0.2) is 4.79 Å². The number of carboxylic acid groups (broad SMARTS) is 2. The van der Waals surface area contributed by atoms with Crippen molar-refractivity contribution in [2.45, 2.75) is 89.1 Å². The summed E-state index contributed by atoms with van der Waals surface area (Å²) in [4.78, 5) is 36.4. The molecule has 26 heavy (non-hydrogen) atoms. The van der Waals surface area contributed by atoms with Gasteiger partial charge in [-0.15, -0.1) is 0 Å². The zero-order valence-electron chi connectivity index (χ0n) is 15.9. The second kappa shape index (κ2) is 7.94. The molecule has 148 valence electrons. The average Bonchev–Trinajstić information content (AvgIpc) is 2.61. The van der Waals surface area contributed by atoms with Crippen molar-refractivity contribution in [1.82, 2.24) is 10.6 Å². The van der Waals surface area contributed by atoms with E-state index in [0.29, 0.717) is 25.7 Å². The monoisotopic (exact) mass is 368 g/mol. The van der Waals surface area contributed by atoms with Crippen LogP contribution in [0.15, 0.2) is 0 Å². The molecule has 2 rings (SSSR count). The zero-order valence-corrected chi connectivity index (χ0v) is 15.9. The normalized spacial score (nSPS) is 22.4. The van der Waals surface area contributed by atoms with Gasteiger partial charge in [0.2, 0.25) is 5.91 Å². The number of hydrogen-bond donors (Lipinski definition) is 4. The third kappa shape index (κ3) is 4.37. The molecular formula is C19H32N2O5. The van der Waals surface area contributed by atoms with Gasteiger partial charge in [0.05, 0.1) is 5.41 Å². The second-order valence-electron chi connectivity index (χ2n) is 8.59. The predicted octanol–water partition coefficient (Wildman–Crippen LogP) is 2.29. The number of aliphatic carboxylic acids is 2. The van der Waals surface area contributed by atoms with Crippen molar-refractivity contribution >= 4 is 17.8 Å². The van der Waals surface area contributed by atoms with Gasteiger partial charge in [0.25, 0.3) is 0 Å². The second-order valence-corrected chi connectivity index (χ2v) is 8.59. The Bertz CT molecular complexity index is 546. The molecule has 1 amide bonds. The van der Waals surface area contributed by atoms with Crippen LogP contribution in [0.3, 0.4) is 0 Å². The predicted molar refractivity (Wildman–Crippen MR) is 96.8 cm³/mol. The summed E-state index contributed by atoms with van der Waals surface area (Å²) in [6, 6.07) is 0. The van der Waals surface area contributed by atoms with E-state index in [2.05, 4.69) is 10.6 Å². The third-order valence-corrected chi connectivity index (χ3v) is 6.07. The minimum atomic E-state index is -1.19. The lowest BCUT2D eigenvalue weighted by Gasteiger charge is -2.39.